The van der Waals surface area contributed by atoms with Crippen molar-refractivity contribution in [3.63, 3.8) is 0 Å². The van der Waals surface area contributed by atoms with Crippen molar-refractivity contribution < 1.29 is 4.74 Å². The molecule has 0 amide bonds. The van der Waals surface area contributed by atoms with Crippen molar-refractivity contribution in [2.45, 2.75) is 26.3 Å². The minimum absolute atomic E-state index is 0.416. The Balaban J connectivity index is 2.28. The maximum atomic E-state index is 5.85. The Kier molecular flexibility index (Phi) is 3.95. The Morgan fingerprint density at radius 3 is 2.72 bits per heavy atom. The number of nitrogens with zero attached hydrogens (tertiary/aromatic N) is 1. The molecule has 2 N–H and O–H groups in total. The van der Waals surface area contributed by atoms with Crippen LogP contribution in [-0.2, 0) is 6.54 Å². The predicted molar refractivity (Wildman–Crippen MR) is 72.7 cm³/mol. The molecule has 0 radical (unpaired) electrons. The molecular weight excluding hydrogens is 224 g/mol. The molecule has 94 valence electrons. The zero-order valence-electron chi connectivity index (χ0n) is 10.8. The van der Waals surface area contributed by atoms with Crippen molar-refractivity contribution in [2.24, 2.45) is 5.73 Å². The highest BCUT2D eigenvalue weighted by Crippen LogP contribution is 2.29. The third kappa shape index (κ3) is 2.87. The van der Waals surface area contributed by atoms with Crippen LogP contribution in [-0.4, -0.2) is 4.98 Å². The van der Waals surface area contributed by atoms with Gasteiger partial charge in [0.05, 0.1) is 0 Å². The Labute approximate surface area is 108 Å². The van der Waals surface area contributed by atoms with Gasteiger partial charge in [0.2, 0.25) is 5.88 Å². The van der Waals surface area contributed by atoms with Crippen molar-refractivity contribution in [2.75, 3.05) is 0 Å². The van der Waals surface area contributed by atoms with E-state index in [0.29, 0.717) is 18.3 Å². The normalized spacial score (nSPS) is 10.7. The third-order valence-electron chi connectivity index (χ3n) is 2.79. The van der Waals surface area contributed by atoms with Crippen molar-refractivity contribution in [3.8, 4) is 11.6 Å². The lowest BCUT2D eigenvalue weighted by Gasteiger charge is -2.13. The summed E-state index contributed by atoms with van der Waals surface area (Å²) in [6, 6.07) is 11.8. The van der Waals surface area contributed by atoms with Crippen LogP contribution in [0.15, 0.2) is 42.6 Å². The summed E-state index contributed by atoms with van der Waals surface area (Å²) in [7, 11) is 0. The molecule has 0 bridgehead atoms. The van der Waals surface area contributed by atoms with Gasteiger partial charge in [-0.05, 0) is 29.2 Å². The van der Waals surface area contributed by atoms with Gasteiger partial charge in [0, 0.05) is 18.8 Å². The van der Waals surface area contributed by atoms with Gasteiger partial charge in [0.25, 0.3) is 0 Å². The molecule has 0 atom stereocenters. The number of ether oxygens (including phenoxy) is 1. The van der Waals surface area contributed by atoms with Crippen LogP contribution in [0.1, 0.15) is 30.9 Å². The summed E-state index contributed by atoms with van der Waals surface area (Å²) in [6.07, 6.45) is 1.72. The third-order valence-corrected chi connectivity index (χ3v) is 2.79. The lowest BCUT2D eigenvalue weighted by atomic mass is 10.0. The molecule has 1 aromatic carbocycles. The molecule has 0 fully saturated rings. The summed E-state index contributed by atoms with van der Waals surface area (Å²) in [5.74, 6) is 1.86. The molecule has 18 heavy (non-hydrogen) atoms. The van der Waals surface area contributed by atoms with E-state index in [2.05, 4.69) is 24.9 Å². The fourth-order valence-electron chi connectivity index (χ4n) is 1.80. The minimum Gasteiger partial charge on any atom is -0.439 e. The van der Waals surface area contributed by atoms with Crippen LogP contribution in [0.4, 0.5) is 0 Å². The topological polar surface area (TPSA) is 48.1 Å². The Morgan fingerprint density at radius 2 is 2.00 bits per heavy atom. The van der Waals surface area contributed by atoms with E-state index in [9.17, 15) is 0 Å². The van der Waals surface area contributed by atoms with Crippen molar-refractivity contribution in [1.29, 1.82) is 0 Å². The minimum atomic E-state index is 0.416. The molecule has 2 rings (SSSR count). The number of rotatable bonds is 4. The standard InChI is InChI=1S/C15H18N2O/c1-11(2)13-5-3-4-6-14(13)18-15-9-12(10-16)7-8-17-15/h3-9,11H,10,16H2,1-2H3. The van der Waals surface area contributed by atoms with E-state index in [1.165, 1.54) is 5.56 Å². The summed E-state index contributed by atoms with van der Waals surface area (Å²) < 4.78 is 5.85. The first-order valence-electron chi connectivity index (χ1n) is 6.12. The number of benzene rings is 1. The summed E-state index contributed by atoms with van der Waals surface area (Å²) in [5, 5.41) is 0. The first kappa shape index (κ1) is 12.6. The van der Waals surface area contributed by atoms with Crippen LogP contribution >= 0.6 is 0 Å². The molecule has 0 saturated carbocycles. The number of para-hydroxylation sites is 1. The number of hydrogen-bond donors (Lipinski definition) is 1. The molecule has 0 aliphatic rings. The van der Waals surface area contributed by atoms with Crippen molar-refractivity contribution in [3.05, 3.63) is 53.7 Å². The molecule has 0 unspecified atom stereocenters. The van der Waals surface area contributed by atoms with Crippen LogP contribution in [0.3, 0.4) is 0 Å². The van der Waals surface area contributed by atoms with Crippen LogP contribution in [0.2, 0.25) is 0 Å². The van der Waals surface area contributed by atoms with Gasteiger partial charge in [0.15, 0.2) is 0 Å². The maximum absolute atomic E-state index is 5.85. The molecular formula is C15H18N2O. The van der Waals surface area contributed by atoms with E-state index >= 15 is 0 Å². The Hall–Kier alpha value is -1.87. The number of hydrogen-bond acceptors (Lipinski definition) is 3. The van der Waals surface area contributed by atoms with Gasteiger partial charge in [-0.3, -0.25) is 0 Å². The zero-order valence-corrected chi connectivity index (χ0v) is 10.8. The fourth-order valence-corrected chi connectivity index (χ4v) is 1.80. The molecule has 0 aliphatic carbocycles. The smallest absolute Gasteiger partial charge is 0.219 e. The highest BCUT2D eigenvalue weighted by atomic mass is 16.5. The zero-order chi connectivity index (χ0) is 13.0. The van der Waals surface area contributed by atoms with Gasteiger partial charge in [0.1, 0.15) is 5.75 Å². The number of nitrogens with two attached hydrogens (primary N) is 1. The first-order chi connectivity index (χ1) is 8.70. The molecule has 0 saturated heterocycles. The predicted octanol–water partition coefficient (Wildman–Crippen LogP) is 3.46. The van der Waals surface area contributed by atoms with E-state index in [1.807, 2.05) is 30.3 Å². The number of pyridine rings is 1. The second-order valence-electron chi connectivity index (χ2n) is 4.50. The molecule has 3 heteroatoms. The van der Waals surface area contributed by atoms with Gasteiger partial charge in [-0.2, -0.15) is 0 Å². The molecule has 0 spiro atoms. The Bertz CT molecular complexity index is 523. The molecule has 1 heterocycles. The maximum Gasteiger partial charge on any atom is 0.219 e. The van der Waals surface area contributed by atoms with E-state index in [0.717, 1.165) is 11.3 Å². The SMILES string of the molecule is CC(C)c1ccccc1Oc1cc(CN)ccn1. The lowest BCUT2D eigenvalue weighted by Crippen LogP contribution is -1.98. The highest BCUT2D eigenvalue weighted by molar-refractivity contribution is 5.38. The lowest BCUT2D eigenvalue weighted by molar-refractivity contribution is 0.453. The first-order valence-corrected chi connectivity index (χ1v) is 6.12. The average Bonchev–Trinajstić information content (AvgIpc) is 2.39. The molecule has 2 aromatic rings. The van der Waals surface area contributed by atoms with E-state index in [4.69, 9.17) is 10.5 Å². The van der Waals surface area contributed by atoms with Gasteiger partial charge >= 0.3 is 0 Å². The summed E-state index contributed by atoms with van der Waals surface area (Å²) in [6.45, 7) is 4.78. The molecule has 3 nitrogen and oxygen atoms in total. The molecule has 1 aromatic heterocycles. The monoisotopic (exact) mass is 242 g/mol. The van der Waals surface area contributed by atoms with Crippen LogP contribution < -0.4 is 10.5 Å². The van der Waals surface area contributed by atoms with Crippen LogP contribution in [0, 0.1) is 0 Å². The second kappa shape index (κ2) is 5.65. The van der Waals surface area contributed by atoms with Gasteiger partial charge in [-0.1, -0.05) is 32.0 Å². The average molecular weight is 242 g/mol. The summed E-state index contributed by atoms with van der Waals surface area (Å²) in [5.41, 5.74) is 7.80. The van der Waals surface area contributed by atoms with Gasteiger partial charge in [-0.15, -0.1) is 0 Å². The van der Waals surface area contributed by atoms with Gasteiger partial charge < -0.3 is 10.5 Å². The quantitative estimate of drug-likeness (QED) is 0.893. The van der Waals surface area contributed by atoms with Crippen LogP contribution in [0.5, 0.6) is 11.6 Å². The fraction of sp³-hybridized carbons (Fsp3) is 0.267. The van der Waals surface area contributed by atoms with Gasteiger partial charge in [-0.25, -0.2) is 4.98 Å². The summed E-state index contributed by atoms with van der Waals surface area (Å²) in [4.78, 5) is 4.21. The van der Waals surface area contributed by atoms with Crippen molar-refractivity contribution >= 4 is 0 Å². The van der Waals surface area contributed by atoms with E-state index in [1.54, 1.807) is 6.20 Å². The van der Waals surface area contributed by atoms with E-state index < -0.39 is 0 Å². The number of aromatic nitrogens is 1. The second-order valence-corrected chi connectivity index (χ2v) is 4.50. The van der Waals surface area contributed by atoms with Crippen LogP contribution in [0.25, 0.3) is 0 Å². The molecule has 0 aliphatic heterocycles. The highest BCUT2D eigenvalue weighted by Gasteiger charge is 2.08. The summed E-state index contributed by atoms with van der Waals surface area (Å²) >= 11 is 0. The van der Waals surface area contributed by atoms with E-state index in [-0.39, 0.29) is 0 Å². The van der Waals surface area contributed by atoms with Crippen molar-refractivity contribution in [1.82, 2.24) is 4.98 Å². The largest absolute Gasteiger partial charge is 0.439 e. The Morgan fingerprint density at radius 1 is 1.22 bits per heavy atom.